The zero-order chi connectivity index (χ0) is 17.8. The number of amides is 1. The molecule has 0 aliphatic heterocycles. The van der Waals surface area contributed by atoms with E-state index in [4.69, 9.17) is 11.6 Å². The Bertz CT molecular complexity index is 916. The number of carbonyl (C=O) groups excluding carboxylic acids is 2. The van der Waals surface area contributed by atoms with E-state index in [0.717, 1.165) is 11.1 Å². The summed E-state index contributed by atoms with van der Waals surface area (Å²) in [5, 5.41) is 3.14. The summed E-state index contributed by atoms with van der Waals surface area (Å²) in [4.78, 5) is 24.8. The van der Waals surface area contributed by atoms with E-state index >= 15 is 0 Å². The zero-order valence-corrected chi connectivity index (χ0v) is 14.5. The van der Waals surface area contributed by atoms with Crippen LogP contribution in [-0.4, -0.2) is 16.3 Å². The van der Waals surface area contributed by atoms with E-state index in [1.54, 1.807) is 41.1 Å². The van der Waals surface area contributed by atoms with Gasteiger partial charge in [0, 0.05) is 23.5 Å². The lowest BCUT2D eigenvalue weighted by Gasteiger charge is -2.10. The Labute approximate surface area is 151 Å². The first kappa shape index (κ1) is 17.0. The summed E-state index contributed by atoms with van der Waals surface area (Å²) < 4.78 is 1.76. The van der Waals surface area contributed by atoms with Crippen LogP contribution in [0.4, 0.5) is 5.69 Å². The maximum absolute atomic E-state index is 12.5. The molecule has 1 N–H and O–H groups in total. The summed E-state index contributed by atoms with van der Waals surface area (Å²) >= 11 is 6.05. The highest BCUT2D eigenvalue weighted by molar-refractivity contribution is 6.46. The number of benzene rings is 2. The minimum atomic E-state index is -0.687. The molecular formula is C20H17ClN2O2. The molecule has 0 saturated heterocycles. The maximum Gasteiger partial charge on any atom is 0.298 e. The summed E-state index contributed by atoms with van der Waals surface area (Å²) in [6.45, 7) is 2.40. The van der Waals surface area contributed by atoms with Crippen molar-refractivity contribution in [3.8, 4) is 0 Å². The van der Waals surface area contributed by atoms with Crippen LogP contribution < -0.4 is 5.32 Å². The molecule has 0 fully saturated rings. The minimum absolute atomic E-state index is 0.347. The molecule has 1 amide bonds. The van der Waals surface area contributed by atoms with E-state index in [-0.39, 0.29) is 0 Å². The molecule has 0 aliphatic carbocycles. The number of rotatable bonds is 5. The number of aryl methyl sites for hydroxylation is 1. The van der Waals surface area contributed by atoms with E-state index in [1.165, 1.54) is 0 Å². The van der Waals surface area contributed by atoms with E-state index in [1.807, 2.05) is 37.3 Å². The number of anilines is 1. The fourth-order valence-corrected chi connectivity index (χ4v) is 2.69. The highest BCUT2D eigenvalue weighted by Crippen LogP contribution is 2.20. The van der Waals surface area contributed by atoms with Crippen LogP contribution in [0.15, 0.2) is 66.9 Å². The van der Waals surface area contributed by atoms with Crippen molar-refractivity contribution in [2.24, 2.45) is 0 Å². The second-order valence-corrected chi connectivity index (χ2v) is 6.16. The predicted molar refractivity (Wildman–Crippen MR) is 99.1 cm³/mol. The third-order valence-electron chi connectivity index (χ3n) is 3.89. The van der Waals surface area contributed by atoms with E-state index in [2.05, 4.69) is 5.32 Å². The van der Waals surface area contributed by atoms with Crippen LogP contribution in [0.3, 0.4) is 0 Å². The Balaban J connectivity index is 1.75. The second-order valence-electron chi connectivity index (χ2n) is 5.75. The third-order valence-corrected chi connectivity index (χ3v) is 4.30. The number of halogens is 1. The summed E-state index contributed by atoms with van der Waals surface area (Å²) in [6.07, 6.45) is 1.79. The van der Waals surface area contributed by atoms with Gasteiger partial charge in [-0.05, 0) is 42.3 Å². The SMILES string of the molecule is Cc1ccc(NC(=O)C(=O)c2cccn2Cc2ccccc2)cc1Cl. The van der Waals surface area contributed by atoms with Crippen molar-refractivity contribution in [3.05, 3.63) is 88.7 Å². The Morgan fingerprint density at radius 3 is 2.52 bits per heavy atom. The fraction of sp³-hybridized carbons (Fsp3) is 0.100. The molecule has 4 nitrogen and oxygen atoms in total. The lowest BCUT2D eigenvalue weighted by Crippen LogP contribution is -2.25. The van der Waals surface area contributed by atoms with Crippen molar-refractivity contribution in [1.29, 1.82) is 0 Å². The first-order valence-electron chi connectivity index (χ1n) is 7.85. The smallest absolute Gasteiger partial charge is 0.298 e. The fourth-order valence-electron chi connectivity index (χ4n) is 2.51. The van der Waals surface area contributed by atoms with Crippen molar-refractivity contribution in [1.82, 2.24) is 4.57 Å². The highest BCUT2D eigenvalue weighted by atomic mass is 35.5. The predicted octanol–water partition coefficient (Wildman–Crippen LogP) is 4.32. The number of Topliss-reactive ketones (excluding diaryl/α,β-unsaturated/α-hetero) is 1. The number of aromatic nitrogens is 1. The Morgan fingerprint density at radius 2 is 1.80 bits per heavy atom. The van der Waals surface area contributed by atoms with Crippen LogP contribution in [0.25, 0.3) is 0 Å². The van der Waals surface area contributed by atoms with Gasteiger partial charge in [-0.2, -0.15) is 0 Å². The quantitative estimate of drug-likeness (QED) is 0.549. The topological polar surface area (TPSA) is 51.1 Å². The molecule has 3 rings (SSSR count). The van der Waals surface area contributed by atoms with Gasteiger partial charge >= 0.3 is 0 Å². The maximum atomic E-state index is 12.5. The molecule has 126 valence electrons. The first-order valence-corrected chi connectivity index (χ1v) is 8.23. The first-order chi connectivity index (χ1) is 12.0. The normalized spacial score (nSPS) is 10.5. The summed E-state index contributed by atoms with van der Waals surface area (Å²) in [5.41, 5.74) is 2.80. The molecule has 3 aromatic rings. The molecule has 0 atom stereocenters. The van der Waals surface area contributed by atoms with Crippen LogP contribution >= 0.6 is 11.6 Å². The molecule has 0 spiro atoms. The summed E-state index contributed by atoms with van der Waals surface area (Å²) in [6, 6.07) is 18.3. The van der Waals surface area contributed by atoms with Crippen molar-refractivity contribution in [2.75, 3.05) is 5.32 Å². The van der Waals surface area contributed by atoms with Crippen LogP contribution in [0.2, 0.25) is 5.02 Å². The van der Waals surface area contributed by atoms with Gasteiger partial charge in [0.05, 0.1) is 5.69 Å². The Kier molecular flexibility index (Phi) is 5.00. The van der Waals surface area contributed by atoms with Gasteiger partial charge in [-0.3, -0.25) is 9.59 Å². The third kappa shape index (κ3) is 3.98. The molecule has 25 heavy (non-hydrogen) atoms. The lowest BCUT2D eigenvalue weighted by molar-refractivity contribution is -0.112. The van der Waals surface area contributed by atoms with Crippen molar-refractivity contribution in [3.63, 3.8) is 0 Å². The number of nitrogens with zero attached hydrogens (tertiary/aromatic N) is 1. The molecule has 1 aromatic heterocycles. The Morgan fingerprint density at radius 1 is 1.04 bits per heavy atom. The van der Waals surface area contributed by atoms with Gasteiger partial charge in [0.15, 0.2) is 0 Å². The standard InChI is InChI=1S/C20H17ClN2O2/c1-14-9-10-16(12-17(14)21)22-20(25)19(24)18-8-5-11-23(18)13-15-6-3-2-4-7-15/h2-12H,13H2,1H3,(H,22,25). The van der Waals surface area contributed by atoms with E-state index in [9.17, 15) is 9.59 Å². The van der Waals surface area contributed by atoms with Crippen molar-refractivity contribution < 1.29 is 9.59 Å². The minimum Gasteiger partial charge on any atom is -0.340 e. The van der Waals surface area contributed by atoms with Gasteiger partial charge in [0.25, 0.3) is 11.7 Å². The number of hydrogen-bond donors (Lipinski definition) is 1. The second kappa shape index (κ2) is 7.36. The average molecular weight is 353 g/mol. The molecule has 0 unspecified atom stereocenters. The Hall–Kier alpha value is -2.85. The van der Waals surface area contributed by atoms with Crippen LogP contribution in [0, 0.1) is 6.92 Å². The van der Waals surface area contributed by atoms with Crippen molar-refractivity contribution >= 4 is 29.0 Å². The van der Waals surface area contributed by atoms with E-state index in [0.29, 0.717) is 22.9 Å². The molecular weight excluding hydrogens is 336 g/mol. The number of ketones is 1. The number of hydrogen-bond acceptors (Lipinski definition) is 2. The van der Waals surface area contributed by atoms with Gasteiger partial charge < -0.3 is 9.88 Å². The van der Waals surface area contributed by atoms with Gasteiger partial charge in [-0.25, -0.2) is 0 Å². The largest absolute Gasteiger partial charge is 0.340 e. The zero-order valence-electron chi connectivity index (χ0n) is 13.7. The van der Waals surface area contributed by atoms with Crippen LogP contribution in [-0.2, 0) is 11.3 Å². The molecule has 5 heteroatoms. The van der Waals surface area contributed by atoms with Gasteiger partial charge in [0.1, 0.15) is 0 Å². The lowest BCUT2D eigenvalue weighted by atomic mass is 10.2. The van der Waals surface area contributed by atoms with E-state index < -0.39 is 11.7 Å². The van der Waals surface area contributed by atoms with Gasteiger partial charge in [-0.15, -0.1) is 0 Å². The monoisotopic (exact) mass is 352 g/mol. The van der Waals surface area contributed by atoms with Gasteiger partial charge in [-0.1, -0.05) is 48.0 Å². The summed E-state index contributed by atoms with van der Waals surface area (Å²) in [5.74, 6) is -1.27. The van der Waals surface area contributed by atoms with Crippen LogP contribution in [0.1, 0.15) is 21.6 Å². The summed E-state index contributed by atoms with van der Waals surface area (Å²) in [7, 11) is 0. The van der Waals surface area contributed by atoms with Crippen LogP contribution in [0.5, 0.6) is 0 Å². The molecule has 0 saturated carbocycles. The van der Waals surface area contributed by atoms with Gasteiger partial charge in [0.2, 0.25) is 0 Å². The number of nitrogens with one attached hydrogen (secondary N) is 1. The number of carbonyl (C=O) groups is 2. The molecule has 0 radical (unpaired) electrons. The average Bonchev–Trinajstić information content (AvgIpc) is 3.06. The molecule has 0 aliphatic rings. The molecule has 0 bridgehead atoms. The molecule has 1 heterocycles. The highest BCUT2D eigenvalue weighted by Gasteiger charge is 2.20. The molecule has 2 aromatic carbocycles. The van der Waals surface area contributed by atoms with Crippen molar-refractivity contribution in [2.45, 2.75) is 13.5 Å².